The van der Waals surface area contributed by atoms with E-state index in [0.29, 0.717) is 5.33 Å². The Morgan fingerprint density at radius 2 is 2.00 bits per heavy atom. The van der Waals surface area contributed by atoms with Crippen molar-refractivity contribution in [1.29, 1.82) is 0 Å². The number of hydrogen-bond acceptors (Lipinski definition) is 4. The van der Waals surface area contributed by atoms with Gasteiger partial charge in [-0.2, -0.15) is 0 Å². The number of hydrogen-bond donors (Lipinski definition) is 3. The summed E-state index contributed by atoms with van der Waals surface area (Å²) in [7, 11) is 0. The van der Waals surface area contributed by atoms with Crippen molar-refractivity contribution in [3.05, 3.63) is 0 Å². The maximum Gasteiger partial charge on any atom is 0.157 e. The molecule has 2 unspecified atom stereocenters. The molecule has 1 aliphatic rings. The van der Waals surface area contributed by atoms with E-state index in [-0.39, 0.29) is 6.42 Å². The summed E-state index contributed by atoms with van der Waals surface area (Å²) in [5.74, 6) is 0. The molecule has 1 saturated heterocycles. The number of rotatable bonds is 1. The molecule has 0 amide bonds. The molecule has 4 nitrogen and oxygen atoms in total. The number of aliphatic hydroxyl groups excluding tert-OH is 3. The largest absolute Gasteiger partial charge is 0.390 e. The van der Waals surface area contributed by atoms with Gasteiger partial charge in [0.05, 0.1) is 12.2 Å². The standard InChI is InChI=1S/C6H11BrO4/c7-2-4-6(10)3(8)1-5(9)11-4/h3-6,8-10H,1-2H2/t3?,4?,5-,6-/m0/s1. The van der Waals surface area contributed by atoms with Crippen molar-refractivity contribution >= 4 is 15.9 Å². The molecule has 0 bridgehead atoms. The summed E-state index contributed by atoms with van der Waals surface area (Å²) in [6.45, 7) is 0. The van der Waals surface area contributed by atoms with Gasteiger partial charge in [0.25, 0.3) is 0 Å². The molecule has 5 heteroatoms. The van der Waals surface area contributed by atoms with Crippen LogP contribution in [0.25, 0.3) is 0 Å². The molecule has 0 aliphatic carbocycles. The first kappa shape index (κ1) is 9.41. The normalized spacial score (nSPS) is 45.8. The first-order chi connectivity index (χ1) is 5.15. The van der Waals surface area contributed by atoms with Gasteiger partial charge in [-0.1, -0.05) is 15.9 Å². The fraction of sp³-hybridized carbons (Fsp3) is 1.00. The lowest BCUT2D eigenvalue weighted by atomic mass is 10.0. The van der Waals surface area contributed by atoms with Crippen LogP contribution < -0.4 is 0 Å². The summed E-state index contributed by atoms with van der Waals surface area (Å²) in [5.41, 5.74) is 0. The second-order valence-electron chi connectivity index (χ2n) is 2.58. The van der Waals surface area contributed by atoms with E-state index >= 15 is 0 Å². The molecule has 0 aromatic heterocycles. The molecule has 0 aromatic rings. The van der Waals surface area contributed by atoms with Gasteiger partial charge in [-0.25, -0.2) is 0 Å². The van der Waals surface area contributed by atoms with Crippen molar-refractivity contribution in [2.24, 2.45) is 0 Å². The van der Waals surface area contributed by atoms with Crippen molar-refractivity contribution in [2.75, 3.05) is 5.33 Å². The van der Waals surface area contributed by atoms with Crippen LogP contribution in [0.3, 0.4) is 0 Å². The van der Waals surface area contributed by atoms with Gasteiger partial charge < -0.3 is 20.1 Å². The molecule has 0 spiro atoms. The van der Waals surface area contributed by atoms with Gasteiger partial charge in [-0.3, -0.25) is 0 Å². The maximum atomic E-state index is 9.24. The first-order valence-electron chi connectivity index (χ1n) is 3.40. The Bertz CT molecular complexity index is 132. The first-order valence-corrected chi connectivity index (χ1v) is 4.53. The van der Waals surface area contributed by atoms with Gasteiger partial charge in [0.1, 0.15) is 6.10 Å². The molecule has 1 fully saturated rings. The van der Waals surface area contributed by atoms with Crippen molar-refractivity contribution in [2.45, 2.75) is 31.0 Å². The van der Waals surface area contributed by atoms with E-state index in [4.69, 9.17) is 14.9 Å². The van der Waals surface area contributed by atoms with Crippen molar-refractivity contribution in [1.82, 2.24) is 0 Å². The van der Waals surface area contributed by atoms with Gasteiger partial charge in [0.15, 0.2) is 6.29 Å². The highest BCUT2D eigenvalue weighted by molar-refractivity contribution is 9.09. The quantitative estimate of drug-likeness (QED) is 0.513. The summed E-state index contributed by atoms with van der Waals surface area (Å²) in [6.07, 6.45) is -3.20. The van der Waals surface area contributed by atoms with Crippen LogP contribution in [0.5, 0.6) is 0 Å². The monoisotopic (exact) mass is 226 g/mol. The van der Waals surface area contributed by atoms with E-state index in [1.807, 2.05) is 0 Å². The summed E-state index contributed by atoms with van der Waals surface area (Å²) < 4.78 is 4.92. The third-order valence-electron chi connectivity index (χ3n) is 1.70. The molecule has 1 aliphatic heterocycles. The molecule has 0 aromatic carbocycles. The zero-order valence-corrected chi connectivity index (χ0v) is 7.44. The lowest BCUT2D eigenvalue weighted by Gasteiger charge is -2.33. The van der Waals surface area contributed by atoms with Gasteiger partial charge in [-0.05, 0) is 0 Å². The lowest BCUT2D eigenvalue weighted by Crippen LogP contribution is -2.48. The number of halogens is 1. The van der Waals surface area contributed by atoms with Crippen LogP contribution in [0.2, 0.25) is 0 Å². The van der Waals surface area contributed by atoms with Crippen LogP contribution in [0.1, 0.15) is 6.42 Å². The molecular weight excluding hydrogens is 216 g/mol. The minimum absolute atomic E-state index is 0.0741. The predicted molar refractivity (Wildman–Crippen MR) is 41.3 cm³/mol. The Morgan fingerprint density at radius 1 is 1.36 bits per heavy atom. The van der Waals surface area contributed by atoms with Crippen molar-refractivity contribution in [3.8, 4) is 0 Å². The highest BCUT2D eigenvalue weighted by Crippen LogP contribution is 2.19. The topological polar surface area (TPSA) is 69.9 Å². The summed E-state index contributed by atoms with van der Waals surface area (Å²) in [4.78, 5) is 0. The fourth-order valence-corrected chi connectivity index (χ4v) is 1.59. The molecule has 1 rings (SSSR count). The molecular formula is C6H11BrO4. The SMILES string of the molecule is OC1C[C@@H](O)OC(CBr)[C@H]1O. The smallest absolute Gasteiger partial charge is 0.157 e. The van der Waals surface area contributed by atoms with Crippen molar-refractivity contribution < 1.29 is 20.1 Å². The molecule has 0 radical (unpaired) electrons. The van der Waals surface area contributed by atoms with Gasteiger partial charge in [0, 0.05) is 11.8 Å². The summed E-state index contributed by atoms with van der Waals surface area (Å²) >= 11 is 3.10. The second kappa shape index (κ2) is 3.82. The van der Waals surface area contributed by atoms with Crippen LogP contribution in [0.15, 0.2) is 0 Å². The third-order valence-corrected chi connectivity index (χ3v) is 2.34. The average molecular weight is 227 g/mol. The van der Waals surface area contributed by atoms with Gasteiger partial charge in [-0.15, -0.1) is 0 Å². The zero-order chi connectivity index (χ0) is 8.43. The molecule has 0 saturated carbocycles. The number of alkyl halides is 1. The molecule has 11 heavy (non-hydrogen) atoms. The van der Waals surface area contributed by atoms with Crippen molar-refractivity contribution in [3.63, 3.8) is 0 Å². The Hall–Kier alpha value is 0.320. The van der Waals surface area contributed by atoms with E-state index in [2.05, 4.69) is 15.9 Å². The third kappa shape index (κ3) is 2.13. The van der Waals surface area contributed by atoms with Crippen LogP contribution >= 0.6 is 15.9 Å². The van der Waals surface area contributed by atoms with E-state index in [1.54, 1.807) is 0 Å². The molecule has 66 valence electrons. The minimum Gasteiger partial charge on any atom is -0.390 e. The predicted octanol–water partition coefficient (Wildman–Crippen LogP) is -0.790. The Kier molecular flexibility index (Phi) is 3.27. The van der Waals surface area contributed by atoms with Gasteiger partial charge >= 0.3 is 0 Å². The molecule has 3 N–H and O–H groups in total. The maximum absolute atomic E-state index is 9.24. The highest BCUT2D eigenvalue weighted by atomic mass is 79.9. The van der Waals surface area contributed by atoms with E-state index < -0.39 is 24.6 Å². The van der Waals surface area contributed by atoms with Crippen LogP contribution in [0, 0.1) is 0 Å². The Labute approximate surface area is 72.9 Å². The zero-order valence-electron chi connectivity index (χ0n) is 5.85. The van der Waals surface area contributed by atoms with Crippen LogP contribution in [0.4, 0.5) is 0 Å². The van der Waals surface area contributed by atoms with Crippen LogP contribution in [-0.2, 0) is 4.74 Å². The second-order valence-corrected chi connectivity index (χ2v) is 3.22. The Balaban J connectivity index is 2.51. The average Bonchev–Trinajstić information content (AvgIpc) is 1.96. The lowest BCUT2D eigenvalue weighted by molar-refractivity contribution is -0.224. The molecule has 1 heterocycles. The van der Waals surface area contributed by atoms with E-state index in [0.717, 1.165) is 0 Å². The summed E-state index contributed by atoms with van der Waals surface area (Å²) in [6, 6.07) is 0. The minimum atomic E-state index is -0.962. The van der Waals surface area contributed by atoms with Gasteiger partial charge in [0.2, 0.25) is 0 Å². The number of ether oxygens (including phenoxy) is 1. The van der Waals surface area contributed by atoms with E-state index in [9.17, 15) is 5.11 Å². The fourth-order valence-electron chi connectivity index (χ4n) is 1.06. The summed E-state index contributed by atoms with van der Waals surface area (Å²) in [5, 5.41) is 27.8. The Morgan fingerprint density at radius 3 is 2.55 bits per heavy atom. The van der Waals surface area contributed by atoms with E-state index in [1.165, 1.54) is 0 Å². The van der Waals surface area contributed by atoms with Crippen LogP contribution in [-0.4, -0.2) is 45.3 Å². The number of aliphatic hydroxyl groups is 3. The highest BCUT2D eigenvalue weighted by Gasteiger charge is 2.34. The molecule has 4 atom stereocenters.